The Kier molecular flexibility index (Phi) is 4.26. The van der Waals surface area contributed by atoms with E-state index >= 15 is 0 Å². The summed E-state index contributed by atoms with van der Waals surface area (Å²) in [5.74, 6) is 0.552. The lowest BCUT2D eigenvalue weighted by Crippen LogP contribution is -1.94. The van der Waals surface area contributed by atoms with Gasteiger partial charge in [0.15, 0.2) is 5.58 Å². The van der Waals surface area contributed by atoms with Gasteiger partial charge >= 0.3 is 0 Å². The van der Waals surface area contributed by atoms with Crippen molar-refractivity contribution < 1.29 is 4.42 Å². The second-order valence-electron chi connectivity index (χ2n) is 5.71. The molecule has 0 atom stereocenters. The molecule has 126 valence electrons. The van der Waals surface area contributed by atoms with Crippen molar-refractivity contribution in [3.8, 4) is 11.5 Å². The van der Waals surface area contributed by atoms with Gasteiger partial charge in [0.25, 0.3) is 0 Å². The van der Waals surface area contributed by atoms with Crippen LogP contribution in [0, 0.1) is 0 Å². The lowest BCUT2D eigenvalue weighted by atomic mass is 10.0. The number of rotatable bonds is 2. The van der Waals surface area contributed by atoms with Gasteiger partial charge in [-0.05, 0) is 55.8 Å². The van der Waals surface area contributed by atoms with Crippen molar-refractivity contribution in [3.05, 3.63) is 55.9 Å². The summed E-state index contributed by atoms with van der Waals surface area (Å²) in [4.78, 5) is 4.72. The fourth-order valence-corrected chi connectivity index (χ4v) is 4.68. The lowest BCUT2D eigenvalue weighted by Gasteiger charge is -2.07. The van der Waals surface area contributed by atoms with E-state index < -0.39 is 0 Å². The molecule has 0 spiro atoms. The summed E-state index contributed by atoms with van der Waals surface area (Å²) >= 11 is 13.4. The van der Waals surface area contributed by atoms with Crippen LogP contribution >= 0.6 is 43.5 Å². The predicted octanol–water partition coefficient (Wildman–Crippen LogP) is 6.97. The van der Waals surface area contributed by atoms with Gasteiger partial charge in [-0.3, -0.25) is 0 Å². The molecule has 3 aromatic carbocycles. The number of fused-ring (bicyclic) bond motifs is 2. The highest BCUT2D eigenvalue weighted by atomic mass is 79.9. The Morgan fingerprint density at radius 1 is 1.08 bits per heavy atom. The number of hydrogen-bond donors (Lipinski definition) is 1. The number of nitrogens with two attached hydrogens (primary N) is 1. The summed E-state index contributed by atoms with van der Waals surface area (Å²) in [6, 6.07) is 11.8. The Labute approximate surface area is 166 Å². The van der Waals surface area contributed by atoms with E-state index in [9.17, 15) is 0 Å². The van der Waals surface area contributed by atoms with E-state index in [0.717, 1.165) is 48.4 Å². The van der Waals surface area contributed by atoms with E-state index in [1.165, 1.54) is 0 Å². The zero-order valence-electron chi connectivity index (χ0n) is 13.2. The Balaban J connectivity index is 2.07. The molecule has 3 nitrogen and oxygen atoms in total. The summed E-state index contributed by atoms with van der Waals surface area (Å²) < 4.78 is 7.75. The summed E-state index contributed by atoms with van der Waals surface area (Å²) in [6.45, 7) is 2.06. The van der Waals surface area contributed by atoms with Gasteiger partial charge < -0.3 is 10.2 Å². The first kappa shape index (κ1) is 16.9. The van der Waals surface area contributed by atoms with E-state index in [2.05, 4.69) is 38.8 Å². The predicted molar refractivity (Wildman–Crippen MR) is 111 cm³/mol. The van der Waals surface area contributed by atoms with E-state index in [-0.39, 0.29) is 0 Å². The van der Waals surface area contributed by atoms with Crippen molar-refractivity contribution in [2.75, 3.05) is 5.73 Å². The van der Waals surface area contributed by atoms with Crippen LogP contribution in [0.1, 0.15) is 12.5 Å². The maximum absolute atomic E-state index is 6.33. The summed E-state index contributed by atoms with van der Waals surface area (Å²) in [6.07, 6.45) is 0.782. The van der Waals surface area contributed by atoms with E-state index in [1.807, 2.05) is 36.4 Å². The molecule has 0 fully saturated rings. The van der Waals surface area contributed by atoms with Gasteiger partial charge in [0.1, 0.15) is 5.52 Å². The first-order valence-electron chi connectivity index (χ1n) is 7.76. The van der Waals surface area contributed by atoms with Crippen LogP contribution in [-0.4, -0.2) is 4.98 Å². The zero-order valence-corrected chi connectivity index (χ0v) is 17.2. The molecule has 4 aromatic rings. The van der Waals surface area contributed by atoms with E-state index in [1.54, 1.807) is 0 Å². The highest BCUT2D eigenvalue weighted by Gasteiger charge is 2.21. The summed E-state index contributed by atoms with van der Waals surface area (Å²) in [5.41, 5.74) is 10.2. The first-order valence-corrected chi connectivity index (χ1v) is 9.72. The number of aryl methyl sites for hydroxylation is 1. The maximum Gasteiger partial charge on any atom is 0.227 e. The molecule has 0 saturated heterocycles. The number of aromatic nitrogens is 1. The zero-order chi connectivity index (χ0) is 17.7. The van der Waals surface area contributed by atoms with Crippen molar-refractivity contribution in [3.63, 3.8) is 0 Å². The summed E-state index contributed by atoms with van der Waals surface area (Å²) in [5, 5.41) is 2.68. The molecule has 2 N–H and O–H groups in total. The number of oxazole rings is 1. The Morgan fingerprint density at radius 3 is 2.56 bits per heavy atom. The molecule has 0 unspecified atom stereocenters. The van der Waals surface area contributed by atoms with Crippen LogP contribution in [0.2, 0.25) is 5.02 Å². The van der Waals surface area contributed by atoms with Gasteiger partial charge in [-0.1, -0.05) is 42.8 Å². The fourth-order valence-electron chi connectivity index (χ4n) is 3.05. The van der Waals surface area contributed by atoms with Crippen LogP contribution in [0.15, 0.2) is 49.8 Å². The maximum atomic E-state index is 6.33. The SMILES string of the molecule is CCc1c(Br)c(N)c(Br)c2nc(-c3cccc4c(Cl)cccc34)oc12. The van der Waals surface area contributed by atoms with Gasteiger partial charge in [-0.2, -0.15) is 0 Å². The third-order valence-electron chi connectivity index (χ3n) is 4.30. The number of nitrogens with zero attached hydrogens (tertiary/aromatic N) is 1. The number of benzene rings is 3. The average molecular weight is 481 g/mol. The molecular formula is C19H13Br2ClN2O. The van der Waals surface area contributed by atoms with Crippen LogP contribution < -0.4 is 5.73 Å². The molecule has 4 rings (SSSR count). The largest absolute Gasteiger partial charge is 0.436 e. The van der Waals surface area contributed by atoms with Crippen LogP contribution in [0.3, 0.4) is 0 Å². The second-order valence-corrected chi connectivity index (χ2v) is 7.70. The molecule has 25 heavy (non-hydrogen) atoms. The molecule has 0 radical (unpaired) electrons. The van der Waals surface area contributed by atoms with Gasteiger partial charge in [0, 0.05) is 26.0 Å². The number of anilines is 1. The molecule has 0 aliphatic carbocycles. The van der Waals surface area contributed by atoms with Crippen molar-refractivity contribution in [1.29, 1.82) is 0 Å². The van der Waals surface area contributed by atoms with Gasteiger partial charge in [0.05, 0.1) is 10.2 Å². The third-order valence-corrected chi connectivity index (χ3v) is 6.34. The molecule has 6 heteroatoms. The Morgan fingerprint density at radius 2 is 1.80 bits per heavy atom. The minimum absolute atomic E-state index is 0.552. The quantitative estimate of drug-likeness (QED) is 0.315. The number of hydrogen-bond acceptors (Lipinski definition) is 3. The molecule has 0 amide bonds. The van der Waals surface area contributed by atoms with Crippen molar-refractivity contribution in [2.24, 2.45) is 0 Å². The standard InChI is InChI=1S/C19H13Br2ClN2O/c1-2-9-14(20)16(23)15(21)17-18(9)25-19(24-17)12-7-3-6-11-10(12)5-4-8-13(11)22/h3-8H,2,23H2,1H3. The van der Waals surface area contributed by atoms with Crippen molar-refractivity contribution in [1.82, 2.24) is 4.98 Å². The van der Waals surface area contributed by atoms with Gasteiger partial charge in [-0.15, -0.1) is 0 Å². The smallest absolute Gasteiger partial charge is 0.227 e. The molecule has 0 aliphatic rings. The fraction of sp³-hybridized carbons (Fsp3) is 0.105. The van der Waals surface area contributed by atoms with Crippen LogP contribution in [-0.2, 0) is 6.42 Å². The molecule has 1 aromatic heterocycles. The van der Waals surface area contributed by atoms with Crippen LogP contribution in [0.5, 0.6) is 0 Å². The normalized spacial score (nSPS) is 11.5. The lowest BCUT2D eigenvalue weighted by molar-refractivity contribution is 0.616. The summed E-state index contributed by atoms with van der Waals surface area (Å²) in [7, 11) is 0. The Hall–Kier alpha value is -1.56. The topological polar surface area (TPSA) is 52.0 Å². The Bertz CT molecular complexity index is 1140. The van der Waals surface area contributed by atoms with Crippen LogP contribution in [0.4, 0.5) is 5.69 Å². The number of nitrogen functional groups attached to an aromatic ring is 1. The molecular weight excluding hydrogens is 467 g/mol. The van der Waals surface area contributed by atoms with Crippen LogP contribution in [0.25, 0.3) is 33.3 Å². The van der Waals surface area contributed by atoms with Gasteiger partial charge in [-0.25, -0.2) is 4.98 Å². The molecule has 1 heterocycles. The van der Waals surface area contributed by atoms with Crippen molar-refractivity contribution in [2.45, 2.75) is 13.3 Å². The monoisotopic (exact) mass is 478 g/mol. The van der Waals surface area contributed by atoms with Crippen molar-refractivity contribution >= 4 is 71.0 Å². The van der Waals surface area contributed by atoms with E-state index in [4.69, 9.17) is 26.7 Å². The second kappa shape index (κ2) is 6.31. The molecule has 0 aliphatic heterocycles. The highest BCUT2D eigenvalue weighted by Crippen LogP contribution is 2.42. The highest BCUT2D eigenvalue weighted by molar-refractivity contribution is 9.11. The number of halogens is 3. The minimum atomic E-state index is 0.552. The third kappa shape index (κ3) is 2.57. The molecule has 0 bridgehead atoms. The average Bonchev–Trinajstić information content (AvgIpc) is 3.05. The van der Waals surface area contributed by atoms with E-state index in [0.29, 0.717) is 16.6 Å². The van der Waals surface area contributed by atoms with Gasteiger partial charge in [0.2, 0.25) is 5.89 Å². The minimum Gasteiger partial charge on any atom is -0.436 e. The first-order chi connectivity index (χ1) is 12.0. The molecule has 0 saturated carbocycles.